The molecule has 0 saturated carbocycles. The number of benzene rings is 1. The summed E-state index contributed by atoms with van der Waals surface area (Å²) in [5.74, 6) is 0.292. The molecule has 2 rings (SSSR count). The molecule has 0 unspecified atom stereocenters. The zero-order valence-corrected chi connectivity index (χ0v) is 13.3. The monoisotopic (exact) mass is 288 g/mol. The van der Waals surface area contributed by atoms with Crippen LogP contribution in [0.5, 0.6) is 0 Å². The molecule has 1 atom stereocenters. The minimum absolute atomic E-state index is 0.154. The minimum Gasteiger partial charge on any atom is -0.319 e. The first-order chi connectivity index (χ1) is 9.90. The highest BCUT2D eigenvalue weighted by molar-refractivity contribution is 6.07. The van der Waals surface area contributed by atoms with E-state index in [0.717, 1.165) is 18.4 Å². The predicted octanol–water partition coefficient (Wildman–Crippen LogP) is 3.38. The maximum atomic E-state index is 12.6. The Hall–Kier alpha value is -1.84. The van der Waals surface area contributed by atoms with Gasteiger partial charge in [0.25, 0.3) is 5.91 Å². The summed E-state index contributed by atoms with van der Waals surface area (Å²) in [6.45, 7) is 8.57. The number of carbonyl (C=O) groups excluding carboxylic acids is 2. The van der Waals surface area contributed by atoms with Gasteiger partial charge >= 0.3 is 6.03 Å². The average molecular weight is 288 g/mol. The molecule has 0 radical (unpaired) electrons. The molecule has 21 heavy (non-hydrogen) atoms. The molecule has 1 fully saturated rings. The highest BCUT2D eigenvalue weighted by Gasteiger charge is 2.48. The lowest BCUT2D eigenvalue weighted by Crippen LogP contribution is -2.41. The molecule has 0 bridgehead atoms. The Morgan fingerprint density at radius 3 is 2.33 bits per heavy atom. The van der Waals surface area contributed by atoms with Gasteiger partial charge < -0.3 is 5.32 Å². The Kier molecular flexibility index (Phi) is 4.35. The second kappa shape index (κ2) is 5.88. The molecule has 0 spiro atoms. The Labute approximate surface area is 126 Å². The average Bonchev–Trinajstić information content (AvgIpc) is 2.68. The molecule has 114 valence electrons. The van der Waals surface area contributed by atoms with E-state index in [4.69, 9.17) is 0 Å². The lowest BCUT2D eigenvalue weighted by molar-refractivity contribution is -0.131. The van der Waals surface area contributed by atoms with Crippen LogP contribution in [0.25, 0.3) is 0 Å². The lowest BCUT2D eigenvalue weighted by Gasteiger charge is -2.22. The summed E-state index contributed by atoms with van der Waals surface area (Å²) < 4.78 is 0. The van der Waals surface area contributed by atoms with E-state index >= 15 is 0 Å². The first-order valence-electron chi connectivity index (χ1n) is 7.64. The molecule has 0 aliphatic carbocycles. The lowest BCUT2D eigenvalue weighted by atomic mass is 9.90. The molecule has 1 aliphatic rings. The zero-order valence-electron chi connectivity index (χ0n) is 13.3. The third-order valence-electron chi connectivity index (χ3n) is 4.16. The Bertz CT molecular complexity index is 536. The number of hydrogen-bond acceptors (Lipinski definition) is 2. The van der Waals surface area contributed by atoms with Crippen molar-refractivity contribution >= 4 is 11.9 Å². The molecule has 4 nitrogen and oxygen atoms in total. The fourth-order valence-electron chi connectivity index (χ4n) is 2.61. The van der Waals surface area contributed by atoms with Crippen molar-refractivity contribution in [3.8, 4) is 0 Å². The Morgan fingerprint density at radius 1 is 1.19 bits per heavy atom. The van der Waals surface area contributed by atoms with Gasteiger partial charge in [-0.05, 0) is 30.4 Å². The second-order valence-corrected chi connectivity index (χ2v) is 6.14. The minimum atomic E-state index is -0.944. The molecule has 1 aromatic rings. The van der Waals surface area contributed by atoms with Crippen molar-refractivity contribution < 1.29 is 9.59 Å². The Morgan fingerprint density at radius 2 is 1.81 bits per heavy atom. The van der Waals surface area contributed by atoms with Crippen LogP contribution in [-0.2, 0) is 10.3 Å². The van der Waals surface area contributed by atoms with Crippen LogP contribution >= 0.6 is 0 Å². The number of nitrogens with zero attached hydrogens (tertiary/aromatic N) is 1. The predicted molar refractivity (Wildman–Crippen MR) is 83.0 cm³/mol. The van der Waals surface area contributed by atoms with Crippen LogP contribution in [0.3, 0.4) is 0 Å². The quantitative estimate of drug-likeness (QED) is 0.844. The number of imide groups is 1. The summed E-state index contributed by atoms with van der Waals surface area (Å²) in [5, 5.41) is 2.84. The molecule has 4 heteroatoms. The number of hydrogen-bond donors (Lipinski definition) is 1. The molecule has 1 aliphatic heterocycles. The van der Waals surface area contributed by atoms with Gasteiger partial charge in [0, 0.05) is 6.54 Å². The van der Waals surface area contributed by atoms with E-state index in [1.807, 2.05) is 31.2 Å². The Balaban J connectivity index is 2.26. The van der Waals surface area contributed by atoms with Crippen molar-refractivity contribution in [2.75, 3.05) is 6.54 Å². The van der Waals surface area contributed by atoms with Gasteiger partial charge in [-0.15, -0.1) is 0 Å². The van der Waals surface area contributed by atoms with Gasteiger partial charge in [0.1, 0.15) is 5.54 Å². The van der Waals surface area contributed by atoms with Crippen LogP contribution in [0, 0.1) is 0 Å². The third-order valence-corrected chi connectivity index (χ3v) is 4.16. The summed E-state index contributed by atoms with van der Waals surface area (Å²) in [6.07, 6.45) is 1.79. The van der Waals surface area contributed by atoms with Crippen molar-refractivity contribution in [1.29, 1.82) is 0 Å². The molecule has 1 heterocycles. The first-order valence-corrected chi connectivity index (χ1v) is 7.64. The summed E-state index contributed by atoms with van der Waals surface area (Å²) in [4.78, 5) is 26.0. The van der Waals surface area contributed by atoms with Gasteiger partial charge in [-0.25, -0.2) is 4.79 Å². The fourth-order valence-corrected chi connectivity index (χ4v) is 2.61. The molecular formula is C17H24N2O2. The van der Waals surface area contributed by atoms with E-state index in [2.05, 4.69) is 19.2 Å². The second-order valence-electron chi connectivity index (χ2n) is 6.14. The summed E-state index contributed by atoms with van der Waals surface area (Å²) in [5.41, 5.74) is 1.12. The molecule has 3 amide bonds. The van der Waals surface area contributed by atoms with E-state index < -0.39 is 5.54 Å². The van der Waals surface area contributed by atoms with E-state index in [1.54, 1.807) is 6.92 Å². The van der Waals surface area contributed by atoms with Crippen LogP contribution < -0.4 is 5.32 Å². The van der Waals surface area contributed by atoms with Crippen molar-refractivity contribution in [2.45, 2.75) is 52.0 Å². The number of unbranched alkanes of at least 4 members (excludes halogenated alkanes) is 1. The molecule has 1 N–H and O–H groups in total. The van der Waals surface area contributed by atoms with Crippen LogP contribution in [0.15, 0.2) is 24.3 Å². The molecule has 1 saturated heterocycles. The highest BCUT2D eigenvalue weighted by atomic mass is 16.2. The molecule has 0 aromatic heterocycles. The zero-order chi connectivity index (χ0) is 15.6. The molecular weight excluding hydrogens is 264 g/mol. The smallest absolute Gasteiger partial charge is 0.319 e. The van der Waals surface area contributed by atoms with Crippen molar-refractivity contribution in [2.24, 2.45) is 0 Å². The fraction of sp³-hybridized carbons (Fsp3) is 0.529. The van der Waals surface area contributed by atoms with E-state index in [-0.39, 0.29) is 11.9 Å². The SMILES string of the molecule is CCCCN1C(=O)N[C@@](C)(c2ccc(C(C)C)cc2)C1=O. The van der Waals surface area contributed by atoms with Crippen molar-refractivity contribution in [3.63, 3.8) is 0 Å². The maximum Gasteiger partial charge on any atom is 0.325 e. The van der Waals surface area contributed by atoms with Gasteiger partial charge in [0.05, 0.1) is 0 Å². The summed E-state index contributed by atoms with van der Waals surface area (Å²) in [6, 6.07) is 7.65. The summed E-state index contributed by atoms with van der Waals surface area (Å²) >= 11 is 0. The van der Waals surface area contributed by atoms with Gasteiger partial charge in [-0.3, -0.25) is 9.69 Å². The topological polar surface area (TPSA) is 49.4 Å². The highest BCUT2D eigenvalue weighted by Crippen LogP contribution is 2.30. The number of nitrogens with one attached hydrogen (secondary N) is 1. The normalized spacial score (nSPS) is 22.0. The number of amides is 3. The van der Waals surface area contributed by atoms with Crippen LogP contribution in [0.1, 0.15) is 57.6 Å². The first kappa shape index (κ1) is 15.5. The number of carbonyl (C=O) groups is 2. The number of rotatable bonds is 5. The van der Waals surface area contributed by atoms with Crippen molar-refractivity contribution in [1.82, 2.24) is 10.2 Å². The largest absolute Gasteiger partial charge is 0.325 e. The van der Waals surface area contributed by atoms with Gasteiger partial charge in [0.15, 0.2) is 0 Å². The van der Waals surface area contributed by atoms with E-state index in [1.165, 1.54) is 10.5 Å². The van der Waals surface area contributed by atoms with E-state index in [9.17, 15) is 9.59 Å². The maximum absolute atomic E-state index is 12.6. The number of urea groups is 1. The summed E-state index contributed by atoms with van der Waals surface area (Å²) in [7, 11) is 0. The third kappa shape index (κ3) is 2.80. The molecule has 1 aromatic carbocycles. The van der Waals surface area contributed by atoms with Crippen LogP contribution in [0.2, 0.25) is 0 Å². The van der Waals surface area contributed by atoms with Crippen LogP contribution in [0.4, 0.5) is 4.79 Å². The van der Waals surface area contributed by atoms with Gasteiger partial charge in [-0.1, -0.05) is 51.5 Å². The van der Waals surface area contributed by atoms with Crippen LogP contribution in [-0.4, -0.2) is 23.4 Å². The van der Waals surface area contributed by atoms with E-state index in [0.29, 0.717) is 12.5 Å². The standard InChI is InChI=1S/C17H24N2O2/c1-5-6-11-19-15(20)17(4,18-16(19)21)14-9-7-13(8-10-14)12(2)3/h7-10,12H,5-6,11H2,1-4H3,(H,18,21)/t17-/m0/s1. The van der Waals surface area contributed by atoms with Gasteiger partial charge in [-0.2, -0.15) is 0 Å². The van der Waals surface area contributed by atoms with Crippen molar-refractivity contribution in [3.05, 3.63) is 35.4 Å². The van der Waals surface area contributed by atoms with Gasteiger partial charge in [0.2, 0.25) is 0 Å².